The molecule has 2 aliphatic carbocycles. The zero-order valence-corrected chi connectivity index (χ0v) is 17.0. The molecule has 1 heterocycles. The number of fused-ring (bicyclic) bond motifs is 5. The molecule has 0 spiro atoms. The molecule has 1 aliphatic heterocycles. The lowest BCUT2D eigenvalue weighted by atomic mass is 9.85. The van der Waals surface area contributed by atoms with Crippen molar-refractivity contribution in [1.82, 2.24) is 0 Å². The first-order chi connectivity index (χ1) is 15.0. The normalized spacial score (nSPS) is 26.0. The monoisotopic (exact) mass is 414 g/mol. The van der Waals surface area contributed by atoms with Crippen molar-refractivity contribution in [2.75, 3.05) is 17.3 Å². The highest BCUT2D eigenvalue weighted by Crippen LogP contribution is 2.53. The molecule has 31 heavy (non-hydrogen) atoms. The van der Waals surface area contributed by atoms with E-state index in [0.717, 1.165) is 12.0 Å². The summed E-state index contributed by atoms with van der Waals surface area (Å²) in [5.74, 6) is 0.136. The van der Waals surface area contributed by atoms with Gasteiger partial charge in [-0.05, 0) is 66.3 Å². The van der Waals surface area contributed by atoms with Crippen molar-refractivity contribution in [1.29, 1.82) is 0 Å². The van der Waals surface area contributed by atoms with Crippen molar-refractivity contribution >= 4 is 35.2 Å². The quantitative estimate of drug-likeness (QED) is 0.460. The molecule has 0 aromatic heterocycles. The van der Waals surface area contributed by atoms with Crippen LogP contribution in [0.3, 0.4) is 0 Å². The van der Waals surface area contributed by atoms with E-state index in [1.54, 1.807) is 55.7 Å². The Morgan fingerprint density at radius 3 is 2.35 bits per heavy atom. The Morgan fingerprint density at radius 1 is 1.03 bits per heavy atom. The summed E-state index contributed by atoms with van der Waals surface area (Å²) in [6, 6.07) is 14.2. The van der Waals surface area contributed by atoms with Crippen LogP contribution in [0, 0.1) is 23.7 Å². The molecule has 6 nitrogen and oxygen atoms in total. The number of anilines is 2. The van der Waals surface area contributed by atoms with Crippen molar-refractivity contribution in [3.8, 4) is 5.75 Å². The minimum absolute atomic E-state index is 0.106. The molecule has 6 heteroatoms. The summed E-state index contributed by atoms with van der Waals surface area (Å²) in [6.07, 6.45) is 8.17. The number of amides is 3. The van der Waals surface area contributed by atoms with E-state index in [-0.39, 0.29) is 41.4 Å². The Balaban J connectivity index is 1.30. The minimum Gasteiger partial charge on any atom is -0.497 e. The van der Waals surface area contributed by atoms with Gasteiger partial charge in [-0.15, -0.1) is 0 Å². The van der Waals surface area contributed by atoms with Crippen LogP contribution in [0.1, 0.15) is 12.0 Å². The summed E-state index contributed by atoms with van der Waals surface area (Å²) < 4.78 is 5.11. The van der Waals surface area contributed by atoms with Gasteiger partial charge in [0.1, 0.15) is 5.75 Å². The fourth-order valence-electron chi connectivity index (χ4n) is 4.95. The fourth-order valence-corrected chi connectivity index (χ4v) is 4.95. The molecule has 5 rings (SSSR count). The average molecular weight is 414 g/mol. The number of ether oxygens (including phenoxy) is 1. The molecule has 2 aromatic carbocycles. The van der Waals surface area contributed by atoms with Gasteiger partial charge in [0.15, 0.2) is 0 Å². The molecule has 3 aliphatic rings. The second-order valence-electron chi connectivity index (χ2n) is 8.16. The van der Waals surface area contributed by atoms with E-state index in [1.165, 1.54) is 11.0 Å². The molecule has 2 bridgehead atoms. The minimum atomic E-state index is -0.277. The first-order valence-electron chi connectivity index (χ1n) is 10.3. The van der Waals surface area contributed by atoms with Crippen LogP contribution in [-0.4, -0.2) is 24.8 Å². The maximum absolute atomic E-state index is 13.0. The standard InChI is InChI=1S/C25H22N2O4/c1-31-20-10-8-18(9-11-20)26-21(28)12-5-15-3-2-4-19(13-15)27-24(29)22-16-6-7-17(14-16)23(22)25(27)30/h2-13,16-17,22-23H,14H2,1H3,(H,26,28)/b12-5+/t16-,17+,22-,23+. The fraction of sp³-hybridized carbons (Fsp3) is 0.240. The molecule has 3 amide bonds. The molecule has 0 radical (unpaired) electrons. The van der Waals surface area contributed by atoms with E-state index in [4.69, 9.17) is 4.74 Å². The topological polar surface area (TPSA) is 75.7 Å². The van der Waals surface area contributed by atoms with Crippen LogP contribution in [0.2, 0.25) is 0 Å². The van der Waals surface area contributed by atoms with Crippen molar-refractivity contribution in [3.05, 3.63) is 72.3 Å². The summed E-state index contributed by atoms with van der Waals surface area (Å²) in [4.78, 5) is 39.6. The number of hydrogen-bond donors (Lipinski definition) is 1. The third-order valence-electron chi connectivity index (χ3n) is 6.38. The third kappa shape index (κ3) is 3.34. The average Bonchev–Trinajstić information content (AvgIpc) is 3.47. The zero-order chi connectivity index (χ0) is 21.5. The molecule has 1 saturated heterocycles. The number of carbonyl (C=O) groups is 3. The SMILES string of the molecule is COc1ccc(NC(=O)/C=C/c2cccc(N3C(=O)[C@@H]4[C@H](C3=O)[C@@H]3C=C[C@H]4C3)c2)cc1. The van der Waals surface area contributed by atoms with Crippen LogP contribution in [0.25, 0.3) is 6.08 Å². The van der Waals surface area contributed by atoms with Gasteiger partial charge in [0, 0.05) is 11.8 Å². The highest BCUT2D eigenvalue weighted by atomic mass is 16.5. The number of methoxy groups -OCH3 is 1. The van der Waals surface area contributed by atoms with Crippen molar-refractivity contribution < 1.29 is 19.1 Å². The smallest absolute Gasteiger partial charge is 0.248 e. The van der Waals surface area contributed by atoms with E-state index in [1.807, 2.05) is 6.07 Å². The van der Waals surface area contributed by atoms with Gasteiger partial charge >= 0.3 is 0 Å². The van der Waals surface area contributed by atoms with E-state index in [0.29, 0.717) is 17.1 Å². The van der Waals surface area contributed by atoms with E-state index >= 15 is 0 Å². The van der Waals surface area contributed by atoms with Crippen molar-refractivity contribution in [2.24, 2.45) is 23.7 Å². The summed E-state index contributed by atoms with van der Waals surface area (Å²) in [5.41, 5.74) is 1.95. The lowest BCUT2D eigenvalue weighted by Gasteiger charge is -2.17. The molecular formula is C25H22N2O4. The summed E-state index contributed by atoms with van der Waals surface area (Å²) in [7, 11) is 1.58. The van der Waals surface area contributed by atoms with Crippen LogP contribution in [0.5, 0.6) is 5.75 Å². The highest BCUT2D eigenvalue weighted by Gasteiger charge is 2.59. The van der Waals surface area contributed by atoms with E-state index in [2.05, 4.69) is 17.5 Å². The second-order valence-corrected chi connectivity index (χ2v) is 8.16. The van der Waals surface area contributed by atoms with Crippen LogP contribution >= 0.6 is 0 Å². The zero-order valence-electron chi connectivity index (χ0n) is 17.0. The largest absolute Gasteiger partial charge is 0.497 e. The molecule has 1 saturated carbocycles. The van der Waals surface area contributed by atoms with Gasteiger partial charge in [-0.1, -0.05) is 24.3 Å². The van der Waals surface area contributed by atoms with Crippen LogP contribution in [-0.2, 0) is 14.4 Å². The second kappa shape index (κ2) is 7.54. The molecule has 2 aromatic rings. The van der Waals surface area contributed by atoms with Gasteiger partial charge in [0.05, 0.1) is 24.6 Å². The molecule has 0 unspecified atom stereocenters. The molecule has 156 valence electrons. The number of nitrogens with one attached hydrogen (secondary N) is 1. The number of imide groups is 1. The third-order valence-corrected chi connectivity index (χ3v) is 6.38. The van der Waals surface area contributed by atoms with Crippen molar-refractivity contribution in [3.63, 3.8) is 0 Å². The Morgan fingerprint density at radius 2 is 1.71 bits per heavy atom. The molecule has 1 N–H and O–H groups in total. The van der Waals surface area contributed by atoms with Gasteiger partial charge in [0.25, 0.3) is 0 Å². The van der Waals surface area contributed by atoms with E-state index in [9.17, 15) is 14.4 Å². The summed E-state index contributed by atoms with van der Waals surface area (Å²) >= 11 is 0. The van der Waals surface area contributed by atoms with Crippen LogP contribution < -0.4 is 15.0 Å². The Labute approximate surface area is 180 Å². The molecule has 4 atom stereocenters. The highest BCUT2D eigenvalue weighted by molar-refractivity contribution is 6.22. The number of carbonyl (C=O) groups excluding carboxylic acids is 3. The number of benzene rings is 2. The Kier molecular flexibility index (Phi) is 4.70. The maximum atomic E-state index is 13.0. The van der Waals surface area contributed by atoms with Gasteiger partial charge in [-0.3, -0.25) is 14.4 Å². The number of hydrogen-bond acceptors (Lipinski definition) is 4. The Hall–Kier alpha value is -3.67. The molecule has 2 fully saturated rings. The predicted molar refractivity (Wildman–Crippen MR) is 117 cm³/mol. The number of rotatable bonds is 5. The van der Waals surface area contributed by atoms with Gasteiger partial charge in [0.2, 0.25) is 17.7 Å². The van der Waals surface area contributed by atoms with E-state index < -0.39 is 0 Å². The van der Waals surface area contributed by atoms with Crippen LogP contribution in [0.4, 0.5) is 11.4 Å². The Bertz CT molecular complexity index is 1090. The van der Waals surface area contributed by atoms with Crippen LogP contribution in [0.15, 0.2) is 66.8 Å². The van der Waals surface area contributed by atoms with Gasteiger partial charge < -0.3 is 10.1 Å². The lowest BCUT2D eigenvalue weighted by molar-refractivity contribution is -0.123. The maximum Gasteiger partial charge on any atom is 0.248 e. The first-order valence-corrected chi connectivity index (χ1v) is 10.3. The summed E-state index contributed by atoms with van der Waals surface area (Å²) in [5, 5.41) is 2.78. The van der Waals surface area contributed by atoms with Gasteiger partial charge in [-0.25, -0.2) is 4.90 Å². The summed E-state index contributed by atoms with van der Waals surface area (Å²) in [6.45, 7) is 0. The van der Waals surface area contributed by atoms with Crippen molar-refractivity contribution in [2.45, 2.75) is 6.42 Å². The lowest BCUT2D eigenvalue weighted by Crippen LogP contribution is -2.32. The number of allylic oxidation sites excluding steroid dienone is 2. The van der Waals surface area contributed by atoms with Gasteiger partial charge in [-0.2, -0.15) is 0 Å². The number of nitrogens with zero attached hydrogens (tertiary/aromatic N) is 1. The predicted octanol–water partition coefficient (Wildman–Crippen LogP) is 3.66. The molecular weight excluding hydrogens is 392 g/mol. The first kappa shape index (κ1) is 19.3.